The van der Waals surface area contributed by atoms with E-state index < -0.39 is 35.1 Å². The standard InChI is InChI=1S/C23H32BN2O7/c1-21(2,3)31-18(27)25-15-11-10-12-16(14(15)13-17(25)24-30)26(19(28)32-22(4,5)6)20(29)33-23(7,8)9/h10-13,30H,1-9H3. The normalized spacial score (nSPS) is 12.3. The predicted molar refractivity (Wildman–Crippen MR) is 126 cm³/mol. The SMILES string of the molecule is CC(C)(C)OC(=O)N(C(=O)OC(C)(C)C)c1cccc2c1cc([B]O)n2C(=O)OC(C)(C)C. The summed E-state index contributed by atoms with van der Waals surface area (Å²) in [5.74, 6) is 0. The Balaban J connectivity index is 2.71. The Morgan fingerprint density at radius 1 is 0.848 bits per heavy atom. The average molecular weight is 459 g/mol. The summed E-state index contributed by atoms with van der Waals surface area (Å²) >= 11 is 0. The first kappa shape index (κ1) is 26.2. The second-order valence-corrected chi connectivity index (χ2v) is 10.5. The molecular weight excluding hydrogens is 427 g/mol. The Morgan fingerprint density at radius 2 is 1.33 bits per heavy atom. The van der Waals surface area contributed by atoms with Gasteiger partial charge in [-0.05, 0) is 80.5 Å². The van der Waals surface area contributed by atoms with Gasteiger partial charge in [0.15, 0.2) is 0 Å². The summed E-state index contributed by atoms with van der Waals surface area (Å²) < 4.78 is 17.5. The third kappa shape index (κ3) is 6.74. The summed E-state index contributed by atoms with van der Waals surface area (Å²) in [6.45, 7) is 15.2. The lowest BCUT2D eigenvalue weighted by Gasteiger charge is -2.29. The van der Waals surface area contributed by atoms with E-state index in [1.165, 1.54) is 12.1 Å². The van der Waals surface area contributed by atoms with Gasteiger partial charge >= 0.3 is 25.8 Å². The van der Waals surface area contributed by atoms with Crippen molar-refractivity contribution in [3.8, 4) is 0 Å². The van der Waals surface area contributed by atoms with Gasteiger partial charge in [0.05, 0.1) is 11.2 Å². The maximum absolute atomic E-state index is 13.1. The summed E-state index contributed by atoms with van der Waals surface area (Å²) in [5, 5.41) is 10.1. The van der Waals surface area contributed by atoms with Crippen molar-refractivity contribution in [1.82, 2.24) is 4.57 Å². The number of hydrogen-bond donors (Lipinski definition) is 1. The van der Waals surface area contributed by atoms with E-state index >= 15 is 0 Å². The lowest BCUT2D eigenvalue weighted by molar-refractivity contribution is 0.0429. The molecule has 0 atom stereocenters. The summed E-state index contributed by atoms with van der Waals surface area (Å²) in [5.41, 5.74) is -1.98. The fourth-order valence-corrected chi connectivity index (χ4v) is 2.92. The van der Waals surface area contributed by atoms with Crippen LogP contribution in [-0.2, 0) is 14.2 Å². The van der Waals surface area contributed by atoms with Crippen LogP contribution in [0.25, 0.3) is 10.9 Å². The highest BCUT2D eigenvalue weighted by atomic mass is 16.6. The zero-order chi connectivity index (χ0) is 25.4. The molecule has 9 nitrogen and oxygen atoms in total. The summed E-state index contributed by atoms with van der Waals surface area (Å²) in [7, 11) is 0.749. The number of ether oxygens (including phenoxy) is 3. The zero-order valence-corrected chi connectivity index (χ0v) is 20.7. The number of rotatable bonds is 2. The van der Waals surface area contributed by atoms with Crippen molar-refractivity contribution < 1.29 is 33.6 Å². The van der Waals surface area contributed by atoms with E-state index in [4.69, 9.17) is 14.2 Å². The highest BCUT2D eigenvalue weighted by molar-refractivity contribution is 6.46. The molecule has 0 aliphatic carbocycles. The van der Waals surface area contributed by atoms with E-state index in [-0.39, 0.29) is 11.3 Å². The minimum absolute atomic E-state index is 0.111. The highest BCUT2D eigenvalue weighted by Crippen LogP contribution is 2.30. The Labute approximate surface area is 194 Å². The number of imide groups is 1. The minimum atomic E-state index is -0.941. The highest BCUT2D eigenvalue weighted by Gasteiger charge is 2.34. The van der Waals surface area contributed by atoms with E-state index in [0.29, 0.717) is 10.9 Å². The molecule has 0 aliphatic rings. The van der Waals surface area contributed by atoms with Crippen LogP contribution in [0.4, 0.5) is 20.1 Å². The molecule has 2 rings (SSSR count). The smallest absolute Gasteiger partial charge is 0.424 e. The van der Waals surface area contributed by atoms with Crippen molar-refractivity contribution in [2.24, 2.45) is 0 Å². The van der Waals surface area contributed by atoms with Gasteiger partial charge in [0.25, 0.3) is 0 Å². The molecule has 1 aromatic heterocycles. The Hall–Kier alpha value is -3.01. The van der Waals surface area contributed by atoms with Crippen LogP contribution < -0.4 is 10.5 Å². The number of aromatic nitrogens is 1. The first-order valence-corrected chi connectivity index (χ1v) is 10.5. The van der Waals surface area contributed by atoms with E-state index in [1.54, 1.807) is 74.4 Å². The molecule has 2 aromatic rings. The fourth-order valence-electron chi connectivity index (χ4n) is 2.92. The quantitative estimate of drug-likeness (QED) is 0.526. The van der Waals surface area contributed by atoms with E-state index in [2.05, 4.69) is 0 Å². The topological polar surface area (TPSA) is 107 Å². The van der Waals surface area contributed by atoms with Crippen molar-refractivity contribution in [2.45, 2.75) is 79.1 Å². The lowest BCUT2D eigenvalue weighted by atomic mass is 9.96. The number of carbonyl (C=O) groups excluding carboxylic acids is 3. The van der Waals surface area contributed by atoms with E-state index in [9.17, 15) is 19.4 Å². The molecule has 0 unspecified atom stereocenters. The summed E-state index contributed by atoms with van der Waals surface area (Å²) in [6, 6.07) is 6.17. The van der Waals surface area contributed by atoms with Crippen molar-refractivity contribution in [3.05, 3.63) is 24.3 Å². The summed E-state index contributed by atoms with van der Waals surface area (Å²) in [4.78, 5) is 39.7. The summed E-state index contributed by atoms with van der Waals surface area (Å²) in [6.07, 6.45) is -2.61. The molecular formula is C23H32BN2O7. The molecule has 0 saturated heterocycles. The third-order valence-electron chi connectivity index (χ3n) is 3.95. The Morgan fingerprint density at radius 3 is 1.76 bits per heavy atom. The first-order valence-electron chi connectivity index (χ1n) is 10.5. The van der Waals surface area contributed by atoms with Crippen LogP contribution in [0.2, 0.25) is 0 Å². The molecule has 1 N–H and O–H groups in total. The van der Waals surface area contributed by atoms with Crippen molar-refractivity contribution in [2.75, 3.05) is 4.90 Å². The van der Waals surface area contributed by atoms with Gasteiger partial charge in [0.1, 0.15) is 16.8 Å². The predicted octanol–water partition coefficient (Wildman–Crippen LogP) is 4.34. The van der Waals surface area contributed by atoms with Crippen LogP contribution in [0.1, 0.15) is 62.3 Å². The van der Waals surface area contributed by atoms with Crippen LogP contribution in [-0.4, -0.2) is 52.2 Å². The van der Waals surface area contributed by atoms with Gasteiger partial charge in [-0.1, -0.05) is 6.07 Å². The monoisotopic (exact) mass is 459 g/mol. The molecule has 1 radical (unpaired) electrons. The molecule has 2 amide bonds. The Bertz CT molecular complexity index is 1030. The lowest BCUT2D eigenvalue weighted by Crippen LogP contribution is -2.43. The number of fused-ring (bicyclic) bond motifs is 1. The van der Waals surface area contributed by atoms with Gasteiger partial charge in [-0.2, -0.15) is 4.90 Å². The van der Waals surface area contributed by atoms with Crippen LogP contribution in [0.5, 0.6) is 0 Å². The average Bonchev–Trinajstić information content (AvgIpc) is 2.96. The fraction of sp³-hybridized carbons (Fsp3) is 0.522. The Kier molecular flexibility index (Phi) is 7.23. The molecule has 10 heteroatoms. The van der Waals surface area contributed by atoms with Crippen LogP contribution in [0.15, 0.2) is 24.3 Å². The van der Waals surface area contributed by atoms with Gasteiger partial charge in [0.2, 0.25) is 0 Å². The maximum atomic E-state index is 13.1. The molecule has 179 valence electrons. The van der Waals surface area contributed by atoms with Gasteiger partial charge in [-0.3, -0.25) is 4.57 Å². The van der Waals surface area contributed by atoms with Crippen LogP contribution in [0, 0.1) is 0 Å². The molecule has 0 bridgehead atoms. The van der Waals surface area contributed by atoms with Crippen molar-refractivity contribution in [1.29, 1.82) is 0 Å². The van der Waals surface area contributed by atoms with Crippen molar-refractivity contribution >= 4 is 47.9 Å². The molecule has 0 aliphatic heterocycles. The van der Waals surface area contributed by atoms with Gasteiger partial charge in [-0.15, -0.1) is 0 Å². The maximum Gasteiger partial charge on any atom is 0.424 e. The van der Waals surface area contributed by atoms with E-state index in [0.717, 1.165) is 16.9 Å². The number of hydrogen-bond acceptors (Lipinski definition) is 7. The molecule has 1 aromatic carbocycles. The number of carbonyl (C=O) groups is 3. The second-order valence-electron chi connectivity index (χ2n) is 10.5. The zero-order valence-electron chi connectivity index (χ0n) is 20.7. The molecule has 0 spiro atoms. The first-order chi connectivity index (χ1) is 14.9. The minimum Gasteiger partial charge on any atom is -0.449 e. The van der Waals surface area contributed by atoms with Gasteiger partial charge in [0, 0.05) is 11.0 Å². The largest absolute Gasteiger partial charge is 0.449 e. The number of anilines is 1. The third-order valence-corrected chi connectivity index (χ3v) is 3.95. The van der Waals surface area contributed by atoms with Gasteiger partial charge in [-0.25, -0.2) is 14.4 Å². The van der Waals surface area contributed by atoms with Gasteiger partial charge < -0.3 is 19.2 Å². The molecule has 1 heterocycles. The molecule has 33 heavy (non-hydrogen) atoms. The molecule has 0 fully saturated rings. The molecule has 0 saturated carbocycles. The number of benzene rings is 1. The van der Waals surface area contributed by atoms with Crippen LogP contribution in [0.3, 0.4) is 0 Å². The van der Waals surface area contributed by atoms with Crippen LogP contribution >= 0.6 is 0 Å². The number of nitrogens with zero attached hydrogens (tertiary/aromatic N) is 2. The van der Waals surface area contributed by atoms with Crippen molar-refractivity contribution in [3.63, 3.8) is 0 Å². The number of amides is 2. The van der Waals surface area contributed by atoms with E-state index in [1.807, 2.05) is 0 Å². The second kappa shape index (κ2) is 9.09.